The van der Waals surface area contributed by atoms with Crippen LogP contribution in [0.4, 0.5) is 11.4 Å². The molecule has 3 nitrogen and oxygen atoms in total. The maximum Gasteiger partial charge on any atom is 0.230 e. The Balaban J connectivity index is 2.33. The number of hydrogen-bond donors (Lipinski definition) is 1. The molecule has 0 spiro atoms. The molecule has 98 valence electrons. The lowest BCUT2D eigenvalue weighted by atomic mass is 9.96. The lowest BCUT2D eigenvalue weighted by molar-refractivity contribution is -0.122. The molecule has 0 aromatic heterocycles. The van der Waals surface area contributed by atoms with Crippen molar-refractivity contribution in [1.82, 2.24) is 0 Å². The van der Waals surface area contributed by atoms with E-state index in [4.69, 9.17) is 5.73 Å². The SMILES string of the molecule is CCC(CC)C(=O)N1CCCc2c(N)cccc21. The molecule has 3 heteroatoms. The lowest BCUT2D eigenvalue weighted by Gasteiger charge is -2.32. The van der Waals surface area contributed by atoms with Gasteiger partial charge in [-0.25, -0.2) is 0 Å². The Morgan fingerprint density at radius 1 is 1.39 bits per heavy atom. The number of carbonyl (C=O) groups is 1. The first-order chi connectivity index (χ1) is 8.69. The molecule has 1 aromatic carbocycles. The van der Waals surface area contributed by atoms with Gasteiger partial charge in [0, 0.05) is 23.8 Å². The minimum Gasteiger partial charge on any atom is -0.398 e. The van der Waals surface area contributed by atoms with Gasteiger partial charge >= 0.3 is 0 Å². The predicted octanol–water partition coefficient (Wildman–Crippen LogP) is 2.98. The molecule has 0 bridgehead atoms. The van der Waals surface area contributed by atoms with E-state index in [1.54, 1.807) is 0 Å². The van der Waals surface area contributed by atoms with Crippen molar-refractivity contribution < 1.29 is 4.79 Å². The third-order valence-corrected chi connectivity index (χ3v) is 3.89. The highest BCUT2D eigenvalue weighted by Gasteiger charge is 2.27. The molecule has 0 saturated heterocycles. The number of fused-ring (bicyclic) bond motifs is 1. The van der Waals surface area contributed by atoms with E-state index in [0.717, 1.165) is 49.2 Å². The number of rotatable bonds is 3. The maximum atomic E-state index is 12.5. The summed E-state index contributed by atoms with van der Waals surface area (Å²) < 4.78 is 0. The Morgan fingerprint density at radius 3 is 2.78 bits per heavy atom. The summed E-state index contributed by atoms with van der Waals surface area (Å²) in [6, 6.07) is 5.88. The van der Waals surface area contributed by atoms with E-state index in [1.165, 1.54) is 0 Å². The number of nitrogen functional groups attached to an aromatic ring is 1. The number of nitrogens with two attached hydrogens (primary N) is 1. The second-order valence-corrected chi connectivity index (χ2v) is 4.95. The summed E-state index contributed by atoms with van der Waals surface area (Å²) in [7, 11) is 0. The van der Waals surface area contributed by atoms with E-state index in [9.17, 15) is 4.79 Å². The Kier molecular flexibility index (Phi) is 3.90. The molecule has 1 amide bonds. The van der Waals surface area contributed by atoms with Gasteiger partial charge in [0.1, 0.15) is 0 Å². The van der Waals surface area contributed by atoms with Crippen LogP contribution in [0.5, 0.6) is 0 Å². The molecule has 1 aliphatic rings. The average molecular weight is 246 g/mol. The monoisotopic (exact) mass is 246 g/mol. The van der Waals surface area contributed by atoms with Crippen LogP contribution in [-0.2, 0) is 11.2 Å². The molecule has 1 aromatic rings. The molecule has 1 aliphatic heterocycles. The summed E-state index contributed by atoms with van der Waals surface area (Å²) in [6.45, 7) is 4.98. The van der Waals surface area contributed by atoms with E-state index < -0.39 is 0 Å². The summed E-state index contributed by atoms with van der Waals surface area (Å²) in [6.07, 6.45) is 3.80. The third kappa shape index (κ3) is 2.22. The molecule has 2 rings (SSSR count). The number of carbonyl (C=O) groups excluding carboxylic acids is 1. The van der Waals surface area contributed by atoms with Gasteiger partial charge in [0.2, 0.25) is 5.91 Å². The highest BCUT2D eigenvalue weighted by atomic mass is 16.2. The summed E-state index contributed by atoms with van der Waals surface area (Å²) in [5, 5.41) is 0. The van der Waals surface area contributed by atoms with E-state index in [0.29, 0.717) is 0 Å². The largest absolute Gasteiger partial charge is 0.398 e. The first-order valence-electron chi connectivity index (χ1n) is 6.87. The van der Waals surface area contributed by atoms with E-state index >= 15 is 0 Å². The van der Waals surface area contributed by atoms with Gasteiger partial charge in [0.25, 0.3) is 0 Å². The number of amides is 1. The zero-order chi connectivity index (χ0) is 13.1. The fourth-order valence-corrected chi connectivity index (χ4v) is 2.74. The van der Waals surface area contributed by atoms with Crippen LogP contribution in [0.3, 0.4) is 0 Å². The second-order valence-electron chi connectivity index (χ2n) is 4.95. The fourth-order valence-electron chi connectivity index (χ4n) is 2.74. The number of nitrogens with zero attached hydrogens (tertiary/aromatic N) is 1. The first-order valence-corrected chi connectivity index (χ1v) is 6.87. The minimum atomic E-state index is 0.136. The van der Waals surface area contributed by atoms with Crippen molar-refractivity contribution in [2.24, 2.45) is 5.92 Å². The topological polar surface area (TPSA) is 46.3 Å². The molecule has 1 heterocycles. The zero-order valence-corrected chi connectivity index (χ0v) is 11.3. The summed E-state index contributed by atoms with van der Waals surface area (Å²) in [5.74, 6) is 0.393. The van der Waals surface area contributed by atoms with Crippen molar-refractivity contribution in [3.63, 3.8) is 0 Å². The van der Waals surface area contributed by atoms with E-state index in [1.807, 2.05) is 23.1 Å². The van der Waals surface area contributed by atoms with Gasteiger partial charge in [-0.1, -0.05) is 19.9 Å². The molecule has 0 saturated carbocycles. The summed E-state index contributed by atoms with van der Waals surface area (Å²) in [5.41, 5.74) is 8.99. The van der Waals surface area contributed by atoms with Crippen LogP contribution in [-0.4, -0.2) is 12.5 Å². The van der Waals surface area contributed by atoms with Crippen LogP contribution in [0.25, 0.3) is 0 Å². The Bertz CT molecular complexity index is 438. The molecule has 0 fully saturated rings. The molecule has 0 radical (unpaired) electrons. The van der Waals surface area contributed by atoms with Crippen LogP contribution in [0.15, 0.2) is 18.2 Å². The summed E-state index contributed by atoms with van der Waals surface area (Å²) in [4.78, 5) is 14.5. The normalized spacial score (nSPS) is 14.7. The van der Waals surface area contributed by atoms with Crippen molar-refractivity contribution in [2.75, 3.05) is 17.2 Å². The van der Waals surface area contributed by atoms with Gasteiger partial charge in [-0.3, -0.25) is 4.79 Å². The molecule has 2 N–H and O–H groups in total. The van der Waals surface area contributed by atoms with E-state index in [2.05, 4.69) is 13.8 Å². The number of benzene rings is 1. The minimum absolute atomic E-state index is 0.136. The van der Waals surface area contributed by atoms with Gasteiger partial charge in [0.05, 0.1) is 0 Å². The van der Waals surface area contributed by atoms with Crippen molar-refractivity contribution >= 4 is 17.3 Å². The van der Waals surface area contributed by atoms with Gasteiger partial charge in [-0.2, -0.15) is 0 Å². The molecule has 0 unspecified atom stereocenters. The molecule has 0 aliphatic carbocycles. The molecular formula is C15H22N2O. The van der Waals surface area contributed by atoms with Crippen molar-refractivity contribution in [1.29, 1.82) is 0 Å². The Labute approximate surface area is 109 Å². The van der Waals surface area contributed by atoms with E-state index in [-0.39, 0.29) is 11.8 Å². The Hall–Kier alpha value is -1.51. The second kappa shape index (κ2) is 5.42. The fraction of sp³-hybridized carbons (Fsp3) is 0.533. The molecule has 18 heavy (non-hydrogen) atoms. The smallest absolute Gasteiger partial charge is 0.230 e. The maximum absolute atomic E-state index is 12.5. The molecule has 0 atom stereocenters. The van der Waals surface area contributed by atoms with Gasteiger partial charge in [-0.15, -0.1) is 0 Å². The number of anilines is 2. The number of hydrogen-bond acceptors (Lipinski definition) is 2. The van der Waals surface area contributed by atoms with Crippen molar-refractivity contribution in [3.05, 3.63) is 23.8 Å². The van der Waals surface area contributed by atoms with Gasteiger partial charge in [-0.05, 0) is 43.4 Å². The zero-order valence-electron chi connectivity index (χ0n) is 11.3. The Morgan fingerprint density at radius 2 is 2.11 bits per heavy atom. The van der Waals surface area contributed by atoms with Crippen LogP contribution in [0.2, 0.25) is 0 Å². The highest BCUT2D eigenvalue weighted by Crippen LogP contribution is 2.32. The lowest BCUT2D eigenvalue weighted by Crippen LogP contribution is -2.39. The van der Waals surface area contributed by atoms with Crippen LogP contribution in [0.1, 0.15) is 38.7 Å². The quantitative estimate of drug-likeness (QED) is 0.833. The van der Waals surface area contributed by atoms with Crippen molar-refractivity contribution in [2.45, 2.75) is 39.5 Å². The third-order valence-electron chi connectivity index (χ3n) is 3.89. The summed E-state index contributed by atoms with van der Waals surface area (Å²) >= 11 is 0. The van der Waals surface area contributed by atoms with Crippen LogP contribution in [0, 0.1) is 5.92 Å². The highest BCUT2D eigenvalue weighted by molar-refractivity contribution is 5.96. The van der Waals surface area contributed by atoms with Gasteiger partial charge in [0.15, 0.2) is 0 Å². The van der Waals surface area contributed by atoms with Crippen LogP contribution < -0.4 is 10.6 Å². The standard InChI is InChI=1S/C15H22N2O/c1-3-11(4-2)15(18)17-10-6-7-12-13(16)8-5-9-14(12)17/h5,8-9,11H,3-4,6-7,10,16H2,1-2H3. The van der Waals surface area contributed by atoms with Crippen molar-refractivity contribution in [3.8, 4) is 0 Å². The van der Waals surface area contributed by atoms with Gasteiger partial charge < -0.3 is 10.6 Å². The molecular weight excluding hydrogens is 224 g/mol. The first kappa shape index (κ1) is 12.9. The predicted molar refractivity (Wildman–Crippen MR) is 75.6 cm³/mol. The average Bonchev–Trinajstić information content (AvgIpc) is 2.40. The van der Waals surface area contributed by atoms with Crippen LogP contribution >= 0.6 is 0 Å².